The van der Waals surface area contributed by atoms with E-state index >= 15 is 0 Å². The number of hydrogen-bond acceptors (Lipinski definition) is 2. The largest absolute Gasteiger partial charge is 0.381 e. The van der Waals surface area contributed by atoms with Gasteiger partial charge in [-0.1, -0.05) is 32.6 Å². The zero-order valence-corrected chi connectivity index (χ0v) is 11.4. The summed E-state index contributed by atoms with van der Waals surface area (Å²) in [4.78, 5) is 0. The third kappa shape index (κ3) is 4.26. The second kappa shape index (κ2) is 7.38. The molecule has 0 radical (unpaired) electrons. The molecule has 1 N–H and O–H groups in total. The lowest BCUT2D eigenvalue weighted by Crippen LogP contribution is -2.39. The van der Waals surface area contributed by atoms with Crippen LogP contribution in [0.25, 0.3) is 0 Å². The van der Waals surface area contributed by atoms with Gasteiger partial charge in [0.25, 0.3) is 0 Å². The summed E-state index contributed by atoms with van der Waals surface area (Å²) in [5.74, 6) is 1.90. The monoisotopic (exact) mass is 239 g/mol. The molecule has 0 spiro atoms. The summed E-state index contributed by atoms with van der Waals surface area (Å²) in [5.41, 5.74) is 0. The van der Waals surface area contributed by atoms with Crippen LogP contribution in [0.3, 0.4) is 0 Å². The Balaban J connectivity index is 1.74. The molecule has 1 saturated heterocycles. The van der Waals surface area contributed by atoms with Crippen molar-refractivity contribution in [1.82, 2.24) is 5.32 Å². The summed E-state index contributed by atoms with van der Waals surface area (Å²) < 4.78 is 5.48. The van der Waals surface area contributed by atoms with E-state index in [1.165, 1.54) is 51.4 Å². The van der Waals surface area contributed by atoms with E-state index in [2.05, 4.69) is 12.2 Å². The van der Waals surface area contributed by atoms with Gasteiger partial charge in [0, 0.05) is 19.3 Å². The number of nitrogens with one attached hydrogen (secondary N) is 1. The fourth-order valence-corrected chi connectivity index (χ4v) is 3.60. The summed E-state index contributed by atoms with van der Waals surface area (Å²) in [5, 5.41) is 3.72. The van der Waals surface area contributed by atoms with Gasteiger partial charge in [-0.25, -0.2) is 0 Å². The van der Waals surface area contributed by atoms with E-state index in [0.29, 0.717) is 0 Å². The number of ether oxygens (including phenoxy) is 1. The topological polar surface area (TPSA) is 21.3 Å². The predicted molar refractivity (Wildman–Crippen MR) is 72.2 cm³/mol. The molecule has 1 aliphatic heterocycles. The van der Waals surface area contributed by atoms with Crippen LogP contribution < -0.4 is 5.32 Å². The van der Waals surface area contributed by atoms with Gasteiger partial charge in [0.05, 0.1) is 0 Å². The van der Waals surface area contributed by atoms with Gasteiger partial charge in [-0.2, -0.15) is 0 Å². The van der Waals surface area contributed by atoms with Crippen LogP contribution in [0.5, 0.6) is 0 Å². The highest BCUT2D eigenvalue weighted by atomic mass is 16.5. The molecule has 2 nitrogen and oxygen atoms in total. The van der Waals surface area contributed by atoms with Crippen molar-refractivity contribution >= 4 is 0 Å². The van der Waals surface area contributed by atoms with Crippen molar-refractivity contribution in [2.45, 2.75) is 64.3 Å². The third-order valence-corrected chi connectivity index (χ3v) is 4.66. The number of hydrogen-bond donors (Lipinski definition) is 1. The van der Waals surface area contributed by atoms with Crippen molar-refractivity contribution in [2.24, 2.45) is 11.8 Å². The lowest BCUT2D eigenvalue weighted by atomic mass is 9.86. The standard InChI is InChI=1S/C15H29NO/c1-2-16-15(14-9-11-17-12-10-14)8-7-13-5-3-4-6-13/h13-16H,2-12H2,1H3. The van der Waals surface area contributed by atoms with E-state index in [9.17, 15) is 0 Å². The molecule has 2 rings (SSSR count). The van der Waals surface area contributed by atoms with E-state index in [1.54, 1.807) is 0 Å². The molecule has 1 unspecified atom stereocenters. The van der Waals surface area contributed by atoms with Gasteiger partial charge >= 0.3 is 0 Å². The average Bonchev–Trinajstić information content (AvgIpc) is 2.88. The molecule has 0 aromatic rings. The summed E-state index contributed by atoms with van der Waals surface area (Å²) in [6.45, 7) is 5.32. The zero-order valence-electron chi connectivity index (χ0n) is 11.4. The molecule has 100 valence electrons. The Labute approximate surface area is 107 Å². The third-order valence-electron chi connectivity index (χ3n) is 4.66. The smallest absolute Gasteiger partial charge is 0.0469 e. The van der Waals surface area contributed by atoms with Gasteiger partial charge in [-0.15, -0.1) is 0 Å². The lowest BCUT2D eigenvalue weighted by molar-refractivity contribution is 0.0519. The molecule has 17 heavy (non-hydrogen) atoms. The predicted octanol–water partition coefficient (Wildman–Crippen LogP) is 3.36. The highest BCUT2D eigenvalue weighted by Crippen LogP contribution is 2.31. The van der Waals surface area contributed by atoms with E-state index in [0.717, 1.165) is 37.6 Å². The summed E-state index contributed by atoms with van der Waals surface area (Å²) >= 11 is 0. The molecule has 0 amide bonds. The van der Waals surface area contributed by atoms with Gasteiger partial charge in [0.1, 0.15) is 0 Å². The molecule has 0 aromatic carbocycles. The van der Waals surface area contributed by atoms with Crippen LogP contribution in [0.2, 0.25) is 0 Å². The van der Waals surface area contributed by atoms with E-state index < -0.39 is 0 Å². The quantitative estimate of drug-likeness (QED) is 0.767. The van der Waals surface area contributed by atoms with Crippen molar-refractivity contribution in [1.29, 1.82) is 0 Å². The molecule has 2 fully saturated rings. The number of rotatable bonds is 6. The normalized spacial score (nSPS) is 25.2. The molecule has 0 bridgehead atoms. The first-order valence-electron chi connectivity index (χ1n) is 7.71. The molecule has 1 atom stereocenters. The van der Waals surface area contributed by atoms with Crippen LogP contribution in [0.1, 0.15) is 58.3 Å². The van der Waals surface area contributed by atoms with Crippen LogP contribution in [0.4, 0.5) is 0 Å². The van der Waals surface area contributed by atoms with Crippen LogP contribution in [0, 0.1) is 11.8 Å². The maximum absolute atomic E-state index is 5.48. The second-order valence-electron chi connectivity index (χ2n) is 5.84. The fourth-order valence-electron chi connectivity index (χ4n) is 3.60. The Kier molecular flexibility index (Phi) is 5.79. The first-order chi connectivity index (χ1) is 8.40. The Morgan fingerprint density at radius 2 is 1.82 bits per heavy atom. The van der Waals surface area contributed by atoms with E-state index in [4.69, 9.17) is 4.74 Å². The SMILES string of the molecule is CCNC(CCC1CCCC1)C1CCOCC1. The van der Waals surface area contributed by atoms with Crippen LogP contribution in [-0.4, -0.2) is 25.8 Å². The highest BCUT2D eigenvalue weighted by Gasteiger charge is 2.24. The fraction of sp³-hybridized carbons (Fsp3) is 1.00. The van der Waals surface area contributed by atoms with Crippen molar-refractivity contribution < 1.29 is 4.74 Å². The van der Waals surface area contributed by atoms with E-state index in [1.807, 2.05) is 0 Å². The van der Waals surface area contributed by atoms with Crippen LogP contribution in [0.15, 0.2) is 0 Å². The van der Waals surface area contributed by atoms with Crippen molar-refractivity contribution in [3.05, 3.63) is 0 Å². The summed E-state index contributed by atoms with van der Waals surface area (Å²) in [6.07, 6.45) is 11.3. The van der Waals surface area contributed by atoms with Crippen molar-refractivity contribution in [3.63, 3.8) is 0 Å². The summed E-state index contributed by atoms with van der Waals surface area (Å²) in [7, 11) is 0. The first kappa shape index (κ1) is 13.4. The maximum atomic E-state index is 5.48. The summed E-state index contributed by atoms with van der Waals surface area (Å²) in [6, 6.07) is 0.754. The molecule has 1 saturated carbocycles. The van der Waals surface area contributed by atoms with Gasteiger partial charge in [-0.3, -0.25) is 0 Å². The Morgan fingerprint density at radius 3 is 2.47 bits per heavy atom. The lowest BCUT2D eigenvalue weighted by Gasteiger charge is -2.31. The molecular formula is C15H29NO. The molecule has 1 aliphatic carbocycles. The Bertz CT molecular complexity index is 195. The molecule has 2 aliphatic rings. The van der Waals surface area contributed by atoms with Crippen molar-refractivity contribution in [3.8, 4) is 0 Å². The molecule has 1 heterocycles. The van der Waals surface area contributed by atoms with Crippen LogP contribution >= 0.6 is 0 Å². The average molecular weight is 239 g/mol. The Morgan fingerprint density at radius 1 is 1.12 bits per heavy atom. The molecular weight excluding hydrogens is 210 g/mol. The maximum Gasteiger partial charge on any atom is 0.0469 e. The minimum Gasteiger partial charge on any atom is -0.381 e. The zero-order chi connectivity index (χ0) is 11.9. The van der Waals surface area contributed by atoms with Gasteiger partial charge in [0.2, 0.25) is 0 Å². The first-order valence-corrected chi connectivity index (χ1v) is 7.71. The highest BCUT2D eigenvalue weighted by molar-refractivity contribution is 4.80. The van der Waals surface area contributed by atoms with Crippen molar-refractivity contribution in [2.75, 3.05) is 19.8 Å². The minimum absolute atomic E-state index is 0.754. The van der Waals surface area contributed by atoms with Gasteiger partial charge in [-0.05, 0) is 44.1 Å². The van der Waals surface area contributed by atoms with Gasteiger partial charge in [0.15, 0.2) is 0 Å². The van der Waals surface area contributed by atoms with E-state index in [-0.39, 0.29) is 0 Å². The molecule has 0 aromatic heterocycles. The van der Waals surface area contributed by atoms with Crippen LogP contribution in [-0.2, 0) is 4.74 Å². The van der Waals surface area contributed by atoms with Gasteiger partial charge < -0.3 is 10.1 Å². The second-order valence-corrected chi connectivity index (χ2v) is 5.84. The molecule has 2 heteroatoms. The minimum atomic E-state index is 0.754. The Hall–Kier alpha value is -0.0800.